The molecule has 0 saturated heterocycles. The number of rotatable bonds is 5. The van der Waals surface area contributed by atoms with Gasteiger partial charge in [0.2, 0.25) is 5.91 Å². The van der Waals surface area contributed by atoms with Gasteiger partial charge in [0.1, 0.15) is 0 Å². The van der Waals surface area contributed by atoms with Crippen LogP contribution in [0.5, 0.6) is 0 Å². The summed E-state index contributed by atoms with van der Waals surface area (Å²) in [5.41, 5.74) is 6.34. The third-order valence-electron chi connectivity index (χ3n) is 2.29. The van der Waals surface area contributed by atoms with Crippen LogP contribution in [0.15, 0.2) is 24.3 Å². The predicted octanol–water partition coefficient (Wildman–Crippen LogP) is 2.13. The van der Waals surface area contributed by atoms with Crippen molar-refractivity contribution in [1.82, 2.24) is 5.32 Å². The summed E-state index contributed by atoms with van der Waals surface area (Å²) in [6.45, 7) is 4.25. The van der Waals surface area contributed by atoms with E-state index >= 15 is 0 Å². The van der Waals surface area contributed by atoms with Crippen LogP contribution in [0, 0.1) is 0 Å². The molecule has 0 spiro atoms. The van der Waals surface area contributed by atoms with Gasteiger partial charge in [0.05, 0.1) is 0 Å². The molecule has 94 valence electrons. The van der Waals surface area contributed by atoms with Crippen molar-refractivity contribution in [3.63, 3.8) is 0 Å². The Morgan fingerprint density at radius 1 is 1.41 bits per heavy atom. The molecule has 0 aliphatic rings. The molecule has 17 heavy (non-hydrogen) atoms. The van der Waals surface area contributed by atoms with Crippen molar-refractivity contribution in [2.45, 2.75) is 32.2 Å². The molecular weight excluding hydrogens is 236 g/mol. The van der Waals surface area contributed by atoms with Gasteiger partial charge in [0.15, 0.2) is 0 Å². The van der Waals surface area contributed by atoms with Crippen molar-refractivity contribution in [2.75, 3.05) is 6.54 Å². The Morgan fingerprint density at radius 3 is 2.65 bits per heavy atom. The van der Waals surface area contributed by atoms with E-state index < -0.39 is 5.54 Å². The van der Waals surface area contributed by atoms with E-state index in [9.17, 15) is 4.79 Å². The van der Waals surface area contributed by atoms with Crippen LogP contribution in [-0.4, -0.2) is 18.0 Å². The number of carbonyl (C=O) groups excluding carboxylic acids is 1. The van der Waals surface area contributed by atoms with Gasteiger partial charge < -0.3 is 11.1 Å². The summed E-state index contributed by atoms with van der Waals surface area (Å²) in [5.74, 6) is -0.0236. The summed E-state index contributed by atoms with van der Waals surface area (Å²) in [6, 6.07) is 7.64. The van der Waals surface area contributed by atoms with Gasteiger partial charge in [-0.3, -0.25) is 4.79 Å². The van der Waals surface area contributed by atoms with Crippen LogP contribution in [0.2, 0.25) is 5.02 Å². The van der Waals surface area contributed by atoms with E-state index in [1.54, 1.807) is 0 Å². The minimum atomic E-state index is -0.464. The molecule has 0 saturated carbocycles. The van der Waals surface area contributed by atoms with E-state index in [0.29, 0.717) is 13.0 Å². The number of nitrogens with one attached hydrogen (secondary N) is 1. The zero-order valence-electron chi connectivity index (χ0n) is 10.3. The molecule has 0 radical (unpaired) electrons. The minimum Gasteiger partial charge on any atom is -0.356 e. The van der Waals surface area contributed by atoms with Crippen LogP contribution in [0.25, 0.3) is 0 Å². The standard InChI is InChI=1S/C13H19ClN2O/c1-13(2,15)9-12(17)16-8-7-10-5-3-4-6-11(10)14/h3-6H,7-9,15H2,1-2H3,(H,16,17). The molecule has 1 amide bonds. The Morgan fingerprint density at radius 2 is 2.06 bits per heavy atom. The van der Waals surface area contributed by atoms with Crippen LogP contribution in [-0.2, 0) is 11.2 Å². The predicted molar refractivity (Wildman–Crippen MR) is 71.0 cm³/mol. The lowest BCUT2D eigenvalue weighted by molar-refractivity contribution is -0.121. The highest BCUT2D eigenvalue weighted by molar-refractivity contribution is 6.31. The quantitative estimate of drug-likeness (QED) is 0.846. The minimum absolute atomic E-state index is 0.0236. The van der Waals surface area contributed by atoms with Crippen LogP contribution in [0.4, 0.5) is 0 Å². The van der Waals surface area contributed by atoms with Gasteiger partial charge in [-0.05, 0) is 31.9 Å². The molecule has 1 rings (SSSR count). The van der Waals surface area contributed by atoms with Crippen molar-refractivity contribution in [1.29, 1.82) is 0 Å². The first kappa shape index (κ1) is 14.0. The van der Waals surface area contributed by atoms with Crippen molar-refractivity contribution in [3.8, 4) is 0 Å². The van der Waals surface area contributed by atoms with Crippen molar-refractivity contribution in [3.05, 3.63) is 34.9 Å². The van der Waals surface area contributed by atoms with Crippen molar-refractivity contribution < 1.29 is 4.79 Å². The topological polar surface area (TPSA) is 55.1 Å². The molecule has 4 heteroatoms. The van der Waals surface area contributed by atoms with Gasteiger partial charge in [0.25, 0.3) is 0 Å². The Balaban J connectivity index is 2.34. The Hall–Kier alpha value is -1.06. The molecule has 1 aromatic rings. The SMILES string of the molecule is CC(C)(N)CC(=O)NCCc1ccccc1Cl. The molecule has 0 aliphatic carbocycles. The fraction of sp³-hybridized carbons (Fsp3) is 0.462. The summed E-state index contributed by atoms with van der Waals surface area (Å²) in [6.07, 6.45) is 1.06. The number of carbonyl (C=O) groups is 1. The lowest BCUT2D eigenvalue weighted by Gasteiger charge is -2.17. The van der Waals surface area contributed by atoms with E-state index in [4.69, 9.17) is 17.3 Å². The maximum absolute atomic E-state index is 11.5. The summed E-state index contributed by atoms with van der Waals surface area (Å²) >= 11 is 6.01. The Kier molecular flexibility index (Phi) is 4.97. The molecule has 0 atom stereocenters. The van der Waals surface area contributed by atoms with Gasteiger partial charge in [0, 0.05) is 23.5 Å². The molecule has 0 bridgehead atoms. The molecule has 0 aliphatic heterocycles. The second kappa shape index (κ2) is 6.03. The third-order valence-corrected chi connectivity index (χ3v) is 2.66. The number of nitrogens with two attached hydrogens (primary N) is 1. The Labute approximate surface area is 107 Å². The van der Waals surface area contributed by atoms with Crippen LogP contribution in [0.3, 0.4) is 0 Å². The second-order valence-electron chi connectivity index (χ2n) is 4.86. The van der Waals surface area contributed by atoms with Crippen LogP contribution in [0.1, 0.15) is 25.8 Å². The van der Waals surface area contributed by atoms with Gasteiger partial charge in [-0.25, -0.2) is 0 Å². The smallest absolute Gasteiger partial charge is 0.221 e. The maximum atomic E-state index is 11.5. The van der Waals surface area contributed by atoms with Crippen molar-refractivity contribution in [2.24, 2.45) is 5.73 Å². The molecule has 0 heterocycles. The first-order chi connectivity index (χ1) is 7.88. The van der Waals surface area contributed by atoms with E-state index in [2.05, 4.69) is 5.32 Å². The molecule has 3 nitrogen and oxygen atoms in total. The van der Waals surface area contributed by atoms with E-state index in [1.807, 2.05) is 38.1 Å². The largest absolute Gasteiger partial charge is 0.356 e. The maximum Gasteiger partial charge on any atom is 0.221 e. The lowest BCUT2D eigenvalue weighted by Crippen LogP contribution is -2.39. The number of amides is 1. The van der Waals surface area contributed by atoms with E-state index in [1.165, 1.54) is 0 Å². The van der Waals surface area contributed by atoms with Gasteiger partial charge in [-0.2, -0.15) is 0 Å². The third kappa shape index (κ3) is 5.71. The van der Waals surface area contributed by atoms with Gasteiger partial charge in [-0.15, -0.1) is 0 Å². The van der Waals surface area contributed by atoms with Crippen LogP contribution >= 0.6 is 11.6 Å². The molecular formula is C13H19ClN2O. The second-order valence-corrected chi connectivity index (χ2v) is 5.26. The van der Waals surface area contributed by atoms with Gasteiger partial charge in [-0.1, -0.05) is 29.8 Å². The highest BCUT2D eigenvalue weighted by Gasteiger charge is 2.15. The van der Waals surface area contributed by atoms with E-state index in [0.717, 1.165) is 17.0 Å². The fourth-order valence-electron chi connectivity index (χ4n) is 1.51. The molecule has 3 N–H and O–H groups in total. The Bertz CT molecular complexity index is 385. The number of hydrogen-bond donors (Lipinski definition) is 2. The zero-order chi connectivity index (χ0) is 12.9. The average molecular weight is 255 g/mol. The average Bonchev–Trinajstić information content (AvgIpc) is 2.18. The monoisotopic (exact) mass is 254 g/mol. The summed E-state index contributed by atoms with van der Waals surface area (Å²) in [4.78, 5) is 11.5. The summed E-state index contributed by atoms with van der Waals surface area (Å²) < 4.78 is 0. The summed E-state index contributed by atoms with van der Waals surface area (Å²) in [7, 11) is 0. The summed E-state index contributed by atoms with van der Waals surface area (Å²) in [5, 5.41) is 3.57. The highest BCUT2D eigenvalue weighted by Crippen LogP contribution is 2.14. The zero-order valence-corrected chi connectivity index (χ0v) is 11.1. The molecule has 1 aromatic carbocycles. The lowest BCUT2D eigenvalue weighted by atomic mass is 10.0. The molecule has 0 aromatic heterocycles. The van der Waals surface area contributed by atoms with Crippen LogP contribution < -0.4 is 11.1 Å². The first-order valence-corrected chi connectivity index (χ1v) is 6.05. The first-order valence-electron chi connectivity index (χ1n) is 5.67. The fourth-order valence-corrected chi connectivity index (χ4v) is 1.74. The van der Waals surface area contributed by atoms with E-state index in [-0.39, 0.29) is 5.91 Å². The van der Waals surface area contributed by atoms with Gasteiger partial charge >= 0.3 is 0 Å². The molecule has 0 fully saturated rings. The number of hydrogen-bond acceptors (Lipinski definition) is 2. The highest BCUT2D eigenvalue weighted by atomic mass is 35.5. The number of benzene rings is 1. The molecule has 0 unspecified atom stereocenters. The number of halogens is 1. The normalized spacial score (nSPS) is 11.3. The van der Waals surface area contributed by atoms with Crippen molar-refractivity contribution >= 4 is 17.5 Å².